The van der Waals surface area contributed by atoms with E-state index in [2.05, 4.69) is 21.2 Å². The van der Waals surface area contributed by atoms with Gasteiger partial charge in [0.1, 0.15) is 0 Å². The molecule has 0 spiro atoms. The van der Waals surface area contributed by atoms with E-state index in [-0.39, 0.29) is 5.11 Å². The minimum Gasteiger partial charge on any atom is -0.491 e. The summed E-state index contributed by atoms with van der Waals surface area (Å²) in [5.74, 6) is 0.618. The number of anilines is 1. The van der Waals surface area contributed by atoms with Crippen LogP contribution in [0.25, 0.3) is 0 Å². The predicted molar refractivity (Wildman–Crippen MR) is 70.7 cm³/mol. The van der Waals surface area contributed by atoms with Gasteiger partial charge in [0.15, 0.2) is 10.9 Å². The maximum Gasteiger partial charge on any atom is 0.168 e. The predicted octanol–water partition coefficient (Wildman–Crippen LogP) is 3.16. The molecule has 0 aliphatic carbocycles. The minimum absolute atomic E-state index is 0.196. The molecule has 0 aromatic heterocycles. The molecule has 3 nitrogen and oxygen atoms in total. The molecule has 0 bridgehead atoms. The number of hydrogen-bond donors (Lipinski definition) is 2. The van der Waals surface area contributed by atoms with Crippen molar-refractivity contribution in [2.45, 2.75) is 6.92 Å². The minimum atomic E-state index is 0.196. The second kappa shape index (κ2) is 5.53. The van der Waals surface area contributed by atoms with Gasteiger partial charge in [0.25, 0.3) is 0 Å². The Morgan fingerprint density at radius 2 is 2.33 bits per heavy atom. The number of thiocarbonyl (C=S) groups is 1. The Kier molecular flexibility index (Phi) is 4.63. The Morgan fingerprint density at radius 3 is 2.80 bits per heavy atom. The number of rotatable bonds is 3. The molecule has 0 unspecified atom stereocenters. The van der Waals surface area contributed by atoms with Crippen LogP contribution in [0.3, 0.4) is 0 Å². The molecule has 0 radical (unpaired) electrons. The highest BCUT2D eigenvalue weighted by Crippen LogP contribution is 2.36. The van der Waals surface area contributed by atoms with Crippen LogP contribution in [0.1, 0.15) is 6.92 Å². The summed E-state index contributed by atoms with van der Waals surface area (Å²) in [6.07, 6.45) is 0. The average molecular weight is 310 g/mol. The van der Waals surface area contributed by atoms with Crippen molar-refractivity contribution in [2.24, 2.45) is 5.73 Å². The fourth-order valence-electron chi connectivity index (χ4n) is 1.06. The third kappa shape index (κ3) is 3.52. The van der Waals surface area contributed by atoms with Crippen LogP contribution >= 0.6 is 39.7 Å². The van der Waals surface area contributed by atoms with Gasteiger partial charge in [-0.3, -0.25) is 0 Å². The van der Waals surface area contributed by atoms with Gasteiger partial charge in [-0.05, 0) is 47.2 Å². The van der Waals surface area contributed by atoms with E-state index in [0.717, 1.165) is 10.2 Å². The summed E-state index contributed by atoms with van der Waals surface area (Å²) < 4.78 is 6.12. The first-order valence-corrected chi connectivity index (χ1v) is 5.80. The summed E-state index contributed by atoms with van der Waals surface area (Å²) in [5.41, 5.74) is 6.08. The van der Waals surface area contributed by atoms with Crippen LogP contribution in [0.4, 0.5) is 5.69 Å². The van der Waals surface area contributed by atoms with Crippen LogP contribution in [0.5, 0.6) is 5.75 Å². The lowest BCUT2D eigenvalue weighted by molar-refractivity contribution is 0.338. The van der Waals surface area contributed by atoms with Crippen molar-refractivity contribution in [3.05, 3.63) is 21.6 Å². The second-order valence-electron chi connectivity index (χ2n) is 2.69. The topological polar surface area (TPSA) is 47.3 Å². The van der Waals surface area contributed by atoms with E-state index < -0.39 is 0 Å². The molecule has 82 valence electrons. The molecule has 0 saturated heterocycles. The lowest BCUT2D eigenvalue weighted by atomic mass is 10.3. The van der Waals surface area contributed by atoms with E-state index >= 15 is 0 Å². The number of hydrogen-bond acceptors (Lipinski definition) is 2. The molecule has 1 aromatic rings. The smallest absolute Gasteiger partial charge is 0.168 e. The molecular formula is C9H10BrClN2OS. The first kappa shape index (κ1) is 12.5. The van der Waals surface area contributed by atoms with Crippen LogP contribution in [0.15, 0.2) is 16.6 Å². The van der Waals surface area contributed by atoms with Gasteiger partial charge in [-0.15, -0.1) is 0 Å². The fraction of sp³-hybridized carbons (Fsp3) is 0.222. The summed E-state index contributed by atoms with van der Waals surface area (Å²) in [7, 11) is 0. The SMILES string of the molecule is CCOc1c(Cl)cc(NC(N)=S)cc1Br. The van der Waals surface area contributed by atoms with Crippen molar-refractivity contribution >= 4 is 50.5 Å². The van der Waals surface area contributed by atoms with Crippen molar-refractivity contribution in [3.8, 4) is 5.75 Å². The van der Waals surface area contributed by atoms with Gasteiger partial charge in [-0.1, -0.05) is 11.6 Å². The van der Waals surface area contributed by atoms with Crippen LogP contribution in [-0.2, 0) is 0 Å². The molecule has 3 N–H and O–H groups in total. The first-order valence-electron chi connectivity index (χ1n) is 4.23. The lowest BCUT2D eigenvalue weighted by Gasteiger charge is -2.11. The van der Waals surface area contributed by atoms with Gasteiger partial charge in [0, 0.05) is 5.69 Å². The zero-order valence-electron chi connectivity index (χ0n) is 8.01. The van der Waals surface area contributed by atoms with Crippen LogP contribution in [-0.4, -0.2) is 11.7 Å². The van der Waals surface area contributed by atoms with Crippen molar-refractivity contribution in [1.29, 1.82) is 0 Å². The third-order valence-corrected chi connectivity index (χ3v) is 2.53. The van der Waals surface area contributed by atoms with E-state index in [1.165, 1.54) is 0 Å². The highest BCUT2D eigenvalue weighted by Gasteiger charge is 2.08. The zero-order chi connectivity index (χ0) is 11.4. The van der Waals surface area contributed by atoms with Crippen LogP contribution in [0, 0.1) is 0 Å². The number of benzene rings is 1. The van der Waals surface area contributed by atoms with Gasteiger partial charge in [0.05, 0.1) is 16.1 Å². The fourth-order valence-corrected chi connectivity index (χ4v) is 2.14. The lowest BCUT2D eigenvalue weighted by Crippen LogP contribution is -2.18. The van der Waals surface area contributed by atoms with Crippen molar-refractivity contribution in [1.82, 2.24) is 0 Å². The molecule has 1 aromatic carbocycles. The number of nitrogens with one attached hydrogen (secondary N) is 1. The number of ether oxygens (including phenoxy) is 1. The summed E-state index contributed by atoms with van der Waals surface area (Å²) >= 11 is 14.1. The molecular weight excluding hydrogens is 300 g/mol. The van der Waals surface area contributed by atoms with Crippen molar-refractivity contribution in [3.63, 3.8) is 0 Å². The van der Waals surface area contributed by atoms with Gasteiger partial charge < -0.3 is 15.8 Å². The molecule has 0 atom stereocenters. The monoisotopic (exact) mass is 308 g/mol. The number of halogens is 2. The van der Waals surface area contributed by atoms with Gasteiger partial charge in [0.2, 0.25) is 0 Å². The van der Waals surface area contributed by atoms with E-state index in [9.17, 15) is 0 Å². The quantitative estimate of drug-likeness (QED) is 0.842. The maximum atomic E-state index is 6.02. The largest absolute Gasteiger partial charge is 0.491 e. The highest BCUT2D eigenvalue weighted by atomic mass is 79.9. The molecule has 0 heterocycles. The summed E-state index contributed by atoms with van der Waals surface area (Å²) in [6.45, 7) is 2.45. The molecule has 0 amide bonds. The van der Waals surface area contributed by atoms with Crippen molar-refractivity contribution < 1.29 is 4.74 Å². The van der Waals surface area contributed by atoms with Gasteiger partial charge >= 0.3 is 0 Å². The molecule has 15 heavy (non-hydrogen) atoms. The normalized spacial score (nSPS) is 9.80. The van der Waals surface area contributed by atoms with Crippen LogP contribution in [0.2, 0.25) is 5.02 Å². The average Bonchev–Trinajstić information content (AvgIpc) is 2.10. The standard InChI is InChI=1S/C9H10BrClN2OS/c1-2-14-8-6(10)3-5(4-7(8)11)13-9(12)15/h3-4H,2H2,1H3,(H3,12,13,15). The molecule has 0 aliphatic rings. The molecule has 0 fully saturated rings. The highest BCUT2D eigenvalue weighted by molar-refractivity contribution is 9.10. The summed E-state index contributed by atoms with van der Waals surface area (Å²) in [4.78, 5) is 0. The summed E-state index contributed by atoms with van der Waals surface area (Å²) in [6, 6.07) is 3.51. The maximum absolute atomic E-state index is 6.02. The summed E-state index contributed by atoms with van der Waals surface area (Å²) in [5, 5.41) is 3.50. The Labute approximate surface area is 107 Å². The van der Waals surface area contributed by atoms with E-state index in [0.29, 0.717) is 17.4 Å². The number of nitrogens with two attached hydrogens (primary N) is 1. The van der Waals surface area contributed by atoms with Gasteiger partial charge in [-0.2, -0.15) is 0 Å². The van der Waals surface area contributed by atoms with E-state index in [1.807, 2.05) is 6.92 Å². The van der Waals surface area contributed by atoms with Crippen molar-refractivity contribution in [2.75, 3.05) is 11.9 Å². The van der Waals surface area contributed by atoms with Gasteiger partial charge in [-0.25, -0.2) is 0 Å². The molecule has 6 heteroatoms. The third-order valence-electron chi connectivity index (χ3n) is 1.55. The molecule has 1 rings (SSSR count). The Morgan fingerprint density at radius 1 is 1.67 bits per heavy atom. The Hall–Kier alpha value is -0.520. The second-order valence-corrected chi connectivity index (χ2v) is 4.39. The molecule has 0 saturated carbocycles. The Bertz CT molecular complexity index is 363. The Balaban J connectivity index is 3.02. The van der Waals surface area contributed by atoms with E-state index in [4.69, 9.17) is 34.3 Å². The zero-order valence-corrected chi connectivity index (χ0v) is 11.2. The molecule has 0 aliphatic heterocycles. The van der Waals surface area contributed by atoms with Crippen LogP contribution < -0.4 is 15.8 Å². The van der Waals surface area contributed by atoms with E-state index in [1.54, 1.807) is 12.1 Å². The first-order chi connectivity index (χ1) is 7.04.